The van der Waals surface area contributed by atoms with Crippen LogP contribution >= 0.6 is 0 Å². The second-order valence-corrected chi connectivity index (χ2v) is 17.8. The van der Waals surface area contributed by atoms with Crippen LogP contribution in [-0.2, 0) is 24.4 Å². The number of pyridine rings is 1. The van der Waals surface area contributed by atoms with Crippen molar-refractivity contribution in [3.05, 3.63) is 42.6 Å². The Labute approximate surface area is 304 Å². The van der Waals surface area contributed by atoms with Crippen molar-refractivity contribution < 1.29 is 42.2 Å². The standard InChI is InChI=1S/C37H49N5O9S/c1-21(2)50-26-10-11-28-24(17-26)12-15-38-32(28)51-27-18-29-31(43)40-37(34(45)41-52(48,49)36(5)13-14-36)19-25(37)9-7-6-8-22(3)16-23(4)30(39-35(46)47)33(44)42(29)20-27/h7,9-12,15,17,21-23,25,27,29-30,39H,6,8,13-14,16,18-20H2,1-5H3,(H,40,43)(H,41,45)(H,46,47)/t22-,23+,25+,27+,29-,30-,37+/m0/s1. The van der Waals surface area contributed by atoms with Gasteiger partial charge in [-0.15, -0.1) is 0 Å². The lowest BCUT2D eigenvalue weighted by molar-refractivity contribution is -0.142. The first kappa shape index (κ1) is 37.4. The van der Waals surface area contributed by atoms with E-state index in [-0.39, 0.29) is 31.4 Å². The number of hydrogen-bond donors (Lipinski definition) is 4. The summed E-state index contributed by atoms with van der Waals surface area (Å²) < 4.78 is 39.6. The average molecular weight is 740 g/mol. The molecule has 0 unspecified atom stereocenters. The predicted octanol–water partition coefficient (Wildman–Crippen LogP) is 3.89. The van der Waals surface area contributed by atoms with Gasteiger partial charge in [-0.1, -0.05) is 26.0 Å². The molecule has 3 fully saturated rings. The molecule has 1 aromatic heterocycles. The van der Waals surface area contributed by atoms with Crippen LogP contribution in [0.15, 0.2) is 42.6 Å². The van der Waals surface area contributed by atoms with Crippen molar-refractivity contribution in [2.75, 3.05) is 6.54 Å². The number of sulfonamides is 1. The van der Waals surface area contributed by atoms with Crippen LogP contribution < -0.4 is 24.8 Å². The molecule has 0 spiro atoms. The quantitative estimate of drug-likeness (QED) is 0.289. The molecule has 1 saturated heterocycles. The van der Waals surface area contributed by atoms with Crippen LogP contribution in [0.2, 0.25) is 0 Å². The average Bonchev–Trinajstić information content (AvgIpc) is 3.94. The molecular formula is C37H49N5O9S. The van der Waals surface area contributed by atoms with Crippen LogP contribution in [0.3, 0.4) is 0 Å². The van der Waals surface area contributed by atoms with Crippen molar-refractivity contribution in [1.29, 1.82) is 0 Å². The summed E-state index contributed by atoms with van der Waals surface area (Å²) in [4.78, 5) is 60.2. The van der Waals surface area contributed by atoms with E-state index >= 15 is 0 Å². The van der Waals surface area contributed by atoms with Crippen LogP contribution in [0.5, 0.6) is 11.6 Å². The van der Waals surface area contributed by atoms with Gasteiger partial charge in [-0.2, -0.15) is 0 Å². The number of nitrogens with zero attached hydrogens (tertiary/aromatic N) is 2. The topological polar surface area (TPSA) is 193 Å². The molecule has 0 bridgehead atoms. The number of carboxylic acid groups (broad SMARTS) is 1. The first-order valence-corrected chi connectivity index (χ1v) is 19.6. The van der Waals surface area contributed by atoms with Crippen molar-refractivity contribution >= 4 is 44.6 Å². The monoisotopic (exact) mass is 739 g/mol. The summed E-state index contributed by atoms with van der Waals surface area (Å²) in [5, 5.41) is 16.5. The van der Waals surface area contributed by atoms with Gasteiger partial charge in [-0.3, -0.25) is 19.1 Å². The number of carbonyl (C=O) groups is 4. The van der Waals surface area contributed by atoms with Gasteiger partial charge in [0.15, 0.2) is 0 Å². The van der Waals surface area contributed by atoms with Gasteiger partial charge in [0.05, 0.1) is 17.4 Å². The molecule has 3 heterocycles. The van der Waals surface area contributed by atoms with E-state index in [0.29, 0.717) is 42.7 Å². The number of benzene rings is 1. The number of nitrogens with one attached hydrogen (secondary N) is 3. The van der Waals surface area contributed by atoms with Crippen molar-refractivity contribution in [3.8, 4) is 11.6 Å². The highest BCUT2D eigenvalue weighted by Crippen LogP contribution is 2.47. The fourth-order valence-electron chi connectivity index (χ4n) is 7.46. The highest BCUT2D eigenvalue weighted by atomic mass is 32.2. The van der Waals surface area contributed by atoms with Crippen LogP contribution in [0.1, 0.15) is 79.6 Å². The Morgan fingerprint density at radius 3 is 2.58 bits per heavy atom. The maximum atomic E-state index is 14.4. The van der Waals surface area contributed by atoms with E-state index in [4.69, 9.17) is 9.47 Å². The summed E-state index contributed by atoms with van der Waals surface area (Å²) in [5.41, 5.74) is -1.54. The number of fused-ring (bicyclic) bond motifs is 3. The molecule has 4 amide bonds. The van der Waals surface area contributed by atoms with Crippen molar-refractivity contribution in [3.63, 3.8) is 0 Å². The smallest absolute Gasteiger partial charge is 0.405 e. The summed E-state index contributed by atoms with van der Waals surface area (Å²) in [7, 11) is -4.00. The summed E-state index contributed by atoms with van der Waals surface area (Å²) in [6.45, 7) is 9.23. The normalized spacial score (nSPS) is 30.3. The minimum atomic E-state index is -4.00. The molecule has 52 heavy (non-hydrogen) atoms. The Kier molecular flexibility index (Phi) is 10.2. The molecule has 2 aliphatic heterocycles. The second-order valence-electron chi connectivity index (χ2n) is 15.6. The van der Waals surface area contributed by atoms with Gasteiger partial charge < -0.3 is 30.1 Å². The summed E-state index contributed by atoms with van der Waals surface area (Å²) in [6, 6.07) is 5.03. The fraction of sp³-hybridized carbons (Fsp3) is 0.595. The van der Waals surface area contributed by atoms with Crippen molar-refractivity contribution in [1.82, 2.24) is 25.2 Å². The SMILES string of the molecule is CC(C)Oc1ccc2c(O[C@@H]3C[C@H]4C(=O)N[C@]5(C(=O)NS(=O)(=O)C6(C)CC6)C[C@H]5C=CCC[C@H](C)C[C@@H](C)[C@H](NC(=O)O)C(=O)N4C3)nccc2c1. The van der Waals surface area contributed by atoms with Gasteiger partial charge in [0.1, 0.15) is 29.5 Å². The first-order valence-electron chi connectivity index (χ1n) is 18.1. The highest BCUT2D eigenvalue weighted by molar-refractivity contribution is 7.91. The molecule has 2 aromatic rings. The van der Waals surface area contributed by atoms with Gasteiger partial charge >= 0.3 is 6.09 Å². The Morgan fingerprint density at radius 1 is 1.13 bits per heavy atom. The number of rotatable bonds is 8. The molecule has 2 saturated carbocycles. The third-order valence-corrected chi connectivity index (χ3v) is 13.0. The molecule has 6 rings (SSSR count). The maximum Gasteiger partial charge on any atom is 0.405 e. The second kappa shape index (κ2) is 14.2. The third kappa shape index (κ3) is 7.69. The Balaban J connectivity index is 1.32. The van der Waals surface area contributed by atoms with Crippen molar-refractivity contribution in [2.24, 2.45) is 17.8 Å². The van der Waals surface area contributed by atoms with Gasteiger partial charge in [-0.25, -0.2) is 18.2 Å². The summed E-state index contributed by atoms with van der Waals surface area (Å²) in [6.07, 6.45) is 6.27. The molecule has 4 N–H and O–H groups in total. The number of allylic oxidation sites excluding steroid dienone is 1. The molecule has 4 aliphatic rings. The number of ether oxygens (including phenoxy) is 2. The summed E-state index contributed by atoms with van der Waals surface area (Å²) >= 11 is 0. The Hall–Kier alpha value is -4.40. The molecular weight excluding hydrogens is 690 g/mol. The molecule has 7 atom stereocenters. The lowest BCUT2D eigenvalue weighted by Crippen LogP contribution is -2.59. The minimum Gasteiger partial charge on any atom is -0.491 e. The Morgan fingerprint density at radius 2 is 1.88 bits per heavy atom. The molecule has 1 aromatic carbocycles. The lowest BCUT2D eigenvalue weighted by atomic mass is 9.88. The zero-order valence-electron chi connectivity index (χ0n) is 30.3. The first-order chi connectivity index (χ1) is 24.5. The van der Waals surface area contributed by atoms with E-state index in [9.17, 15) is 32.7 Å². The highest BCUT2D eigenvalue weighted by Gasteiger charge is 2.63. The number of aromatic nitrogens is 1. The van der Waals surface area contributed by atoms with Crippen LogP contribution in [0.4, 0.5) is 4.79 Å². The minimum absolute atomic E-state index is 0.0172. The van der Waals surface area contributed by atoms with E-state index in [0.717, 1.165) is 11.8 Å². The number of amides is 4. The molecule has 14 nitrogen and oxygen atoms in total. The van der Waals surface area contributed by atoms with Crippen LogP contribution in [0, 0.1) is 17.8 Å². The van der Waals surface area contributed by atoms with E-state index in [2.05, 4.69) is 20.3 Å². The van der Waals surface area contributed by atoms with Crippen LogP contribution in [0.25, 0.3) is 10.8 Å². The Bertz CT molecular complexity index is 1880. The van der Waals surface area contributed by atoms with Gasteiger partial charge in [-0.05, 0) is 101 Å². The van der Waals surface area contributed by atoms with Crippen LogP contribution in [-0.4, -0.2) is 88.3 Å². The van der Waals surface area contributed by atoms with E-state index in [1.54, 1.807) is 13.1 Å². The molecule has 0 radical (unpaired) electrons. The zero-order valence-corrected chi connectivity index (χ0v) is 31.1. The molecule has 15 heteroatoms. The fourth-order valence-corrected chi connectivity index (χ4v) is 8.77. The van der Waals surface area contributed by atoms with E-state index in [1.165, 1.54) is 4.90 Å². The van der Waals surface area contributed by atoms with Gasteiger partial charge in [0.2, 0.25) is 27.7 Å². The largest absolute Gasteiger partial charge is 0.491 e. The number of hydrogen-bond acceptors (Lipinski definition) is 9. The van der Waals surface area contributed by atoms with Gasteiger partial charge in [0, 0.05) is 23.9 Å². The zero-order chi connectivity index (χ0) is 37.6. The van der Waals surface area contributed by atoms with Gasteiger partial charge in [0.25, 0.3) is 5.91 Å². The predicted molar refractivity (Wildman–Crippen MR) is 192 cm³/mol. The van der Waals surface area contributed by atoms with Crippen molar-refractivity contribution in [2.45, 2.75) is 114 Å². The molecule has 282 valence electrons. The molecule has 2 aliphatic carbocycles. The summed E-state index contributed by atoms with van der Waals surface area (Å²) in [5.74, 6) is -1.83. The maximum absolute atomic E-state index is 14.4. The lowest BCUT2D eigenvalue weighted by Gasteiger charge is -2.32. The van der Waals surface area contributed by atoms with E-state index in [1.807, 2.05) is 64.1 Å². The number of carbonyl (C=O) groups excluding carboxylic acids is 3. The third-order valence-electron chi connectivity index (χ3n) is 10.9. The van der Waals surface area contributed by atoms with E-state index < -0.39 is 74.1 Å².